The van der Waals surface area contributed by atoms with E-state index in [1.807, 2.05) is 13.8 Å². The predicted octanol–water partition coefficient (Wildman–Crippen LogP) is 3.11. The second-order valence-corrected chi connectivity index (χ2v) is 10.0. The van der Waals surface area contributed by atoms with E-state index in [2.05, 4.69) is 14.6 Å². The highest BCUT2D eigenvalue weighted by molar-refractivity contribution is 7.90. The Morgan fingerprint density at radius 1 is 1.21 bits per heavy atom. The number of fused-ring (bicyclic) bond motifs is 1. The predicted molar refractivity (Wildman–Crippen MR) is 126 cm³/mol. The summed E-state index contributed by atoms with van der Waals surface area (Å²) in [6.45, 7) is 6.40. The summed E-state index contributed by atoms with van der Waals surface area (Å²) in [6.07, 6.45) is 3.92. The number of aromatic nitrogens is 1. The van der Waals surface area contributed by atoms with Crippen LogP contribution in [0.1, 0.15) is 43.4 Å². The summed E-state index contributed by atoms with van der Waals surface area (Å²) in [7, 11) is -2.26. The van der Waals surface area contributed by atoms with Crippen LogP contribution in [-0.4, -0.2) is 56.7 Å². The van der Waals surface area contributed by atoms with Gasteiger partial charge in [0.15, 0.2) is 0 Å². The molecule has 0 spiro atoms. The number of methoxy groups -OCH3 is 1. The van der Waals surface area contributed by atoms with Gasteiger partial charge in [-0.2, -0.15) is 0 Å². The molecule has 1 aromatic heterocycles. The number of rotatable bonds is 11. The molecule has 0 aliphatic heterocycles. The van der Waals surface area contributed by atoms with Crippen molar-refractivity contribution in [2.24, 2.45) is 0 Å². The molecule has 0 bridgehead atoms. The first-order valence-electron chi connectivity index (χ1n) is 11.4. The molecule has 3 rings (SSSR count). The topological polar surface area (TPSA) is 88.6 Å². The second kappa shape index (κ2) is 11.1. The first kappa shape index (κ1) is 25.1. The molecule has 33 heavy (non-hydrogen) atoms. The molecule has 0 atom stereocenters. The van der Waals surface area contributed by atoms with Crippen molar-refractivity contribution in [1.29, 1.82) is 0 Å². The Hall–Kier alpha value is -2.52. The van der Waals surface area contributed by atoms with E-state index in [1.54, 1.807) is 18.3 Å². The zero-order valence-corrected chi connectivity index (χ0v) is 20.3. The summed E-state index contributed by atoms with van der Waals surface area (Å²) >= 11 is 0. The van der Waals surface area contributed by atoms with Gasteiger partial charge in [0.1, 0.15) is 5.82 Å². The largest absolute Gasteiger partial charge is 0.481 e. The van der Waals surface area contributed by atoms with E-state index in [9.17, 15) is 17.6 Å². The quantitative estimate of drug-likeness (QED) is 0.535. The van der Waals surface area contributed by atoms with E-state index in [4.69, 9.17) is 4.74 Å². The third kappa shape index (κ3) is 6.29. The Balaban J connectivity index is 1.82. The maximum atomic E-state index is 14.8. The molecule has 1 heterocycles. The van der Waals surface area contributed by atoms with Crippen LogP contribution in [0, 0.1) is 5.82 Å². The molecule has 0 saturated heterocycles. The lowest BCUT2D eigenvalue weighted by Gasteiger charge is -2.18. The van der Waals surface area contributed by atoms with Gasteiger partial charge in [0, 0.05) is 12.3 Å². The highest BCUT2D eigenvalue weighted by Crippen LogP contribution is 2.36. The number of carbonyl (C=O) groups excluding carboxylic acids is 1. The molecule has 1 aliphatic rings. The van der Waals surface area contributed by atoms with Gasteiger partial charge in [-0.3, -0.25) is 9.52 Å². The third-order valence-corrected chi connectivity index (χ3v) is 7.47. The number of hydrogen-bond donors (Lipinski definition) is 1. The van der Waals surface area contributed by atoms with E-state index < -0.39 is 15.9 Å². The summed E-state index contributed by atoms with van der Waals surface area (Å²) in [5.41, 5.74) is 3.30. The van der Waals surface area contributed by atoms with Crippen molar-refractivity contribution in [3.63, 3.8) is 0 Å². The van der Waals surface area contributed by atoms with Gasteiger partial charge < -0.3 is 9.64 Å². The Morgan fingerprint density at radius 3 is 2.64 bits per heavy atom. The van der Waals surface area contributed by atoms with Crippen molar-refractivity contribution in [2.45, 2.75) is 46.0 Å². The lowest BCUT2D eigenvalue weighted by Crippen LogP contribution is -2.35. The van der Waals surface area contributed by atoms with Crippen molar-refractivity contribution in [2.75, 3.05) is 32.5 Å². The zero-order valence-electron chi connectivity index (χ0n) is 19.5. The Morgan fingerprint density at radius 2 is 1.94 bits per heavy atom. The van der Waals surface area contributed by atoms with E-state index in [0.29, 0.717) is 53.9 Å². The van der Waals surface area contributed by atoms with Crippen LogP contribution in [0.4, 0.5) is 4.39 Å². The molecule has 1 N–H and O–H groups in total. The third-order valence-electron chi connectivity index (χ3n) is 6.11. The molecule has 1 amide bonds. The first-order valence-corrected chi connectivity index (χ1v) is 13.0. The number of halogens is 1. The fourth-order valence-electron chi connectivity index (χ4n) is 4.39. The summed E-state index contributed by atoms with van der Waals surface area (Å²) in [6, 6.07) is 4.84. The SMILES string of the molecule is CCN(CC)CCCS(=O)(=O)NC(=O)Cc1c(-c2ccnc(OC)c2)cc(F)c2c1CCC2. The number of pyridine rings is 1. The average Bonchev–Trinajstić information content (AvgIpc) is 3.29. The van der Waals surface area contributed by atoms with Crippen LogP contribution in [0.15, 0.2) is 24.4 Å². The molecule has 9 heteroatoms. The van der Waals surface area contributed by atoms with Crippen molar-refractivity contribution in [3.8, 4) is 17.0 Å². The highest BCUT2D eigenvalue weighted by atomic mass is 32.2. The van der Waals surface area contributed by atoms with Gasteiger partial charge >= 0.3 is 0 Å². The first-order chi connectivity index (χ1) is 15.8. The molecule has 0 saturated carbocycles. The molecule has 0 unspecified atom stereocenters. The zero-order chi connectivity index (χ0) is 24.0. The Kier molecular flexibility index (Phi) is 8.42. The number of sulfonamides is 1. The van der Waals surface area contributed by atoms with Crippen molar-refractivity contribution in [3.05, 3.63) is 46.9 Å². The van der Waals surface area contributed by atoms with E-state index in [-0.39, 0.29) is 18.0 Å². The van der Waals surface area contributed by atoms with Gasteiger partial charge in [-0.15, -0.1) is 0 Å². The summed E-state index contributed by atoms with van der Waals surface area (Å²) in [5.74, 6) is -0.660. The molecule has 0 fully saturated rings. The minimum Gasteiger partial charge on any atom is -0.481 e. The van der Waals surface area contributed by atoms with Crippen LogP contribution >= 0.6 is 0 Å². The van der Waals surface area contributed by atoms with Crippen molar-refractivity contribution in [1.82, 2.24) is 14.6 Å². The highest BCUT2D eigenvalue weighted by Gasteiger charge is 2.25. The number of nitrogens with one attached hydrogen (secondary N) is 1. The minimum atomic E-state index is -3.75. The van der Waals surface area contributed by atoms with Crippen LogP contribution in [0.25, 0.3) is 11.1 Å². The minimum absolute atomic E-state index is 0.120. The molecular formula is C24H32FN3O4S. The van der Waals surface area contributed by atoms with Gasteiger partial charge in [-0.1, -0.05) is 13.8 Å². The van der Waals surface area contributed by atoms with Gasteiger partial charge in [0.2, 0.25) is 21.8 Å². The molecule has 1 aliphatic carbocycles. The van der Waals surface area contributed by atoms with Gasteiger partial charge in [0.05, 0.1) is 19.3 Å². The Bertz CT molecular complexity index is 1100. The normalized spacial score (nSPS) is 13.2. The Labute approximate surface area is 195 Å². The molecule has 0 radical (unpaired) electrons. The monoisotopic (exact) mass is 477 g/mol. The van der Waals surface area contributed by atoms with Crippen LogP contribution < -0.4 is 9.46 Å². The van der Waals surface area contributed by atoms with Crippen LogP contribution in [-0.2, 0) is 34.1 Å². The lowest BCUT2D eigenvalue weighted by atomic mass is 9.91. The van der Waals surface area contributed by atoms with Crippen LogP contribution in [0.3, 0.4) is 0 Å². The molecular weight excluding hydrogens is 445 g/mol. The molecule has 1 aromatic carbocycles. The maximum absolute atomic E-state index is 14.8. The summed E-state index contributed by atoms with van der Waals surface area (Å²) in [5, 5.41) is 0. The van der Waals surface area contributed by atoms with Gasteiger partial charge in [0.25, 0.3) is 0 Å². The standard InChI is InChI=1S/C24H32FN3O4S/c1-4-28(5-2)12-7-13-33(30,31)27-23(29)16-21-18-8-6-9-19(18)22(25)15-20(21)17-10-11-26-24(14-17)32-3/h10-11,14-15H,4-9,12-13,16H2,1-3H3,(H,27,29). The number of hydrogen-bond acceptors (Lipinski definition) is 6. The summed E-state index contributed by atoms with van der Waals surface area (Å²) in [4.78, 5) is 19.0. The fourth-order valence-corrected chi connectivity index (χ4v) is 5.42. The van der Waals surface area contributed by atoms with Gasteiger partial charge in [-0.05, 0) is 85.3 Å². The van der Waals surface area contributed by atoms with E-state index in [0.717, 1.165) is 25.1 Å². The molecule has 180 valence electrons. The van der Waals surface area contributed by atoms with E-state index in [1.165, 1.54) is 13.2 Å². The molecule has 2 aromatic rings. The number of carbonyl (C=O) groups is 1. The second-order valence-electron chi connectivity index (χ2n) is 8.18. The lowest BCUT2D eigenvalue weighted by molar-refractivity contribution is -0.118. The van der Waals surface area contributed by atoms with E-state index >= 15 is 0 Å². The maximum Gasteiger partial charge on any atom is 0.237 e. The number of benzene rings is 1. The van der Waals surface area contributed by atoms with Gasteiger partial charge in [-0.25, -0.2) is 17.8 Å². The van der Waals surface area contributed by atoms with Crippen LogP contribution in [0.5, 0.6) is 5.88 Å². The number of amides is 1. The average molecular weight is 478 g/mol. The fraction of sp³-hybridized carbons (Fsp3) is 0.500. The molecule has 7 nitrogen and oxygen atoms in total. The van der Waals surface area contributed by atoms with Crippen molar-refractivity contribution >= 4 is 15.9 Å². The summed E-state index contributed by atoms with van der Waals surface area (Å²) < 4.78 is 47.2. The number of nitrogens with zero attached hydrogens (tertiary/aromatic N) is 2. The van der Waals surface area contributed by atoms with Crippen LogP contribution in [0.2, 0.25) is 0 Å². The smallest absolute Gasteiger partial charge is 0.237 e. The van der Waals surface area contributed by atoms with Crippen molar-refractivity contribution < 1.29 is 22.3 Å². The number of ether oxygens (including phenoxy) is 1.